The molecule has 0 radical (unpaired) electrons. The van der Waals surface area contributed by atoms with Gasteiger partial charge in [-0.15, -0.1) is 0 Å². The van der Waals surface area contributed by atoms with Gasteiger partial charge in [0.1, 0.15) is 5.84 Å². The molecular formula is C22H31N5S. The average Bonchev–Trinajstić information content (AvgIpc) is 3.19. The van der Waals surface area contributed by atoms with Crippen LogP contribution in [0.1, 0.15) is 57.8 Å². The van der Waals surface area contributed by atoms with Crippen LogP contribution in [-0.2, 0) is 0 Å². The second-order valence-electron chi connectivity index (χ2n) is 9.70. The molecule has 5 fully saturated rings. The summed E-state index contributed by atoms with van der Waals surface area (Å²) in [6, 6.07) is 0. The number of aromatic nitrogens is 2. The lowest BCUT2D eigenvalue weighted by atomic mass is 9.49. The summed E-state index contributed by atoms with van der Waals surface area (Å²) in [7, 11) is 0. The number of likely N-dealkylation sites (tertiary alicyclic amines) is 1. The van der Waals surface area contributed by atoms with Crippen LogP contribution in [0, 0.1) is 40.5 Å². The highest BCUT2D eigenvalue weighted by atomic mass is 32.2. The molecule has 0 spiro atoms. The van der Waals surface area contributed by atoms with Crippen molar-refractivity contribution in [3.63, 3.8) is 0 Å². The summed E-state index contributed by atoms with van der Waals surface area (Å²) in [5.41, 5.74) is 0.229. The second-order valence-corrected chi connectivity index (χ2v) is 10.8. The molecule has 6 heteroatoms. The van der Waals surface area contributed by atoms with Crippen molar-refractivity contribution in [3.8, 4) is 6.19 Å². The van der Waals surface area contributed by atoms with Gasteiger partial charge in [0.25, 0.3) is 0 Å². The zero-order chi connectivity index (χ0) is 19.0. The molecule has 28 heavy (non-hydrogen) atoms. The first kappa shape index (κ1) is 18.5. The van der Waals surface area contributed by atoms with Gasteiger partial charge in [0, 0.05) is 36.7 Å². The molecule has 1 saturated heterocycles. The average molecular weight is 398 g/mol. The Labute approximate surface area is 172 Å². The highest BCUT2D eigenvalue weighted by Crippen LogP contribution is 2.61. The number of nitrogens with zero attached hydrogens (tertiary/aromatic N) is 4. The van der Waals surface area contributed by atoms with E-state index in [4.69, 9.17) is 0 Å². The molecular weight excluding hydrogens is 366 g/mol. The third-order valence-electron chi connectivity index (χ3n) is 7.82. The third-order valence-corrected chi connectivity index (χ3v) is 8.76. The van der Waals surface area contributed by atoms with Crippen LogP contribution < -0.4 is 0 Å². The zero-order valence-corrected chi connectivity index (χ0v) is 17.5. The minimum atomic E-state index is 0.229. The van der Waals surface area contributed by atoms with E-state index in [-0.39, 0.29) is 5.41 Å². The number of imidazole rings is 1. The monoisotopic (exact) mass is 397 g/mol. The SMILES string of the molecule is N#CN=C(N1CCC(CCSc2ncc[nH]2)CC1)C12CC3CC(CC(C3)C1)C2. The van der Waals surface area contributed by atoms with Crippen molar-refractivity contribution in [2.75, 3.05) is 18.8 Å². The Balaban J connectivity index is 1.20. The van der Waals surface area contributed by atoms with E-state index in [0.29, 0.717) is 0 Å². The molecule has 1 N–H and O–H groups in total. The molecule has 2 heterocycles. The Morgan fingerprint density at radius 3 is 2.46 bits per heavy atom. The van der Waals surface area contributed by atoms with E-state index in [1.165, 1.54) is 63.6 Å². The molecule has 0 unspecified atom stereocenters. The summed E-state index contributed by atoms with van der Waals surface area (Å²) in [6.45, 7) is 2.16. The van der Waals surface area contributed by atoms with Crippen molar-refractivity contribution < 1.29 is 0 Å². The molecule has 5 nitrogen and oxygen atoms in total. The van der Waals surface area contributed by atoms with Crippen molar-refractivity contribution >= 4 is 17.6 Å². The summed E-state index contributed by atoms with van der Waals surface area (Å²) >= 11 is 1.83. The molecule has 1 aromatic rings. The van der Waals surface area contributed by atoms with E-state index >= 15 is 0 Å². The summed E-state index contributed by atoms with van der Waals surface area (Å²) < 4.78 is 0. The number of amidine groups is 1. The fourth-order valence-electron chi connectivity index (χ4n) is 7.04. The molecule has 0 aromatic carbocycles. The molecule has 4 aliphatic carbocycles. The van der Waals surface area contributed by atoms with Crippen LogP contribution >= 0.6 is 11.8 Å². The van der Waals surface area contributed by atoms with Gasteiger partial charge in [-0.2, -0.15) is 10.3 Å². The van der Waals surface area contributed by atoms with Gasteiger partial charge < -0.3 is 9.88 Å². The van der Waals surface area contributed by atoms with Gasteiger partial charge in [-0.25, -0.2) is 4.98 Å². The lowest BCUT2D eigenvalue weighted by molar-refractivity contribution is -0.0194. The van der Waals surface area contributed by atoms with Crippen LogP contribution in [0.2, 0.25) is 0 Å². The molecule has 4 bridgehead atoms. The fourth-order valence-corrected chi connectivity index (χ4v) is 7.97. The van der Waals surface area contributed by atoms with Gasteiger partial charge in [-0.05, 0) is 81.5 Å². The van der Waals surface area contributed by atoms with E-state index in [9.17, 15) is 5.26 Å². The van der Waals surface area contributed by atoms with E-state index < -0.39 is 0 Å². The van der Waals surface area contributed by atoms with Crippen LogP contribution in [0.3, 0.4) is 0 Å². The van der Waals surface area contributed by atoms with Gasteiger partial charge in [0.2, 0.25) is 6.19 Å². The summed E-state index contributed by atoms with van der Waals surface area (Å²) in [5.74, 6) is 5.78. The van der Waals surface area contributed by atoms with Gasteiger partial charge >= 0.3 is 0 Å². The van der Waals surface area contributed by atoms with Crippen LogP contribution in [0.25, 0.3) is 0 Å². The smallest absolute Gasteiger partial charge is 0.207 e. The van der Waals surface area contributed by atoms with Gasteiger partial charge in [0.15, 0.2) is 5.16 Å². The third kappa shape index (κ3) is 3.58. The van der Waals surface area contributed by atoms with Crippen molar-refractivity contribution in [2.24, 2.45) is 34.1 Å². The quantitative estimate of drug-likeness (QED) is 0.338. The molecule has 150 valence electrons. The maximum Gasteiger partial charge on any atom is 0.207 e. The Kier molecular flexibility index (Phi) is 5.13. The van der Waals surface area contributed by atoms with Gasteiger partial charge in [-0.3, -0.25) is 0 Å². The predicted molar refractivity (Wildman–Crippen MR) is 112 cm³/mol. The number of hydrogen-bond donors (Lipinski definition) is 1. The summed E-state index contributed by atoms with van der Waals surface area (Å²) in [4.78, 5) is 14.5. The zero-order valence-electron chi connectivity index (χ0n) is 16.6. The van der Waals surface area contributed by atoms with Crippen molar-refractivity contribution in [1.82, 2.24) is 14.9 Å². The standard InChI is InChI=1S/C22H31N5S/c23-15-26-20(22-12-17-9-18(13-22)11-19(10-17)14-22)27-6-1-16(2-7-27)3-8-28-21-24-4-5-25-21/h4-5,16-19H,1-3,6-14H2,(H,24,25). The van der Waals surface area contributed by atoms with Crippen molar-refractivity contribution in [2.45, 2.75) is 62.9 Å². The van der Waals surface area contributed by atoms with Crippen molar-refractivity contribution in [3.05, 3.63) is 12.4 Å². The highest BCUT2D eigenvalue weighted by Gasteiger charge is 2.54. The van der Waals surface area contributed by atoms with Crippen LogP contribution in [-0.4, -0.2) is 39.5 Å². The first-order chi connectivity index (χ1) is 13.7. The fraction of sp³-hybridized carbons (Fsp3) is 0.773. The number of H-pyrrole nitrogens is 1. The second kappa shape index (κ2) is 7.74. The molecule has 6 rings (SSSR count). The predicted octanol–water partition coefficient (Wildman–Crippen LogP) is 4.70. The van der Waals surface area contributed by atoms with Gasteiger partial charge in [0.05, 0.1) is 0 Å². The van der Waals surface area contributed by atoms with E-state index in [2.05, 4.69) is 26.1 Å². The van der Waals surface area contributed by atoms with E-state index in [0.717, 1.165) is 47.7 Å². The molecule has 1 aliphatic heterocycles. The Bertz CT molecular complexity index is 706. The van der Waals surface area contributed by atoms with Crippen LogP contribution in [0.15, 0.2) is 22.5 Å². The lowest BCUT2D eigenvalue weighted by Gasteiger charge is -2.58. The highest BCUT2D eigenvalue weighted by molar-refractivity contribution is 7.99. The number of hydrogen-bond acceptors (Lipinski definition) is 4. The molecule has 5 aliphatic rings. The molecule has 4 saturated carbocycles. The maximum atomic E-state index is 9.45. The number of aromatic amines is 1. The molecule has 0 amide bonds. The van der Waals surface area contributed by atoms with Crippen LogP contribution in [0.5, 0.6) is 0 Å². The molecule has 1 aromatic heterocycles. The number of nitriles is 1. The minimum absolute atomic E-state index is 0.229. The van der Waals surface area contributed by atoms with Crippen molar-refractivity contribution in [1.29, 1.82) is 5.26 Å². The summed E-state index contributed by atoms with van der Waals surface area (Å²) in [6.07, 6.45) is 17.8. The Morgan fingerprint density at radius 2 is 1.89 bits per heavy atom. The minimum Gasteiger partial charge on any atom is -0.359 e. The number of rotatable bonds is 5. The number of nitrogens with one attached hydrogen (secondary N) is 1. The number of piperidine rings is 1. The van der Waals surface area contributed by atoms with E-state index in [1.807, 2.05) is 24.2 Å². The first-order valence-electron chi connectivity index (χ1n) is 11.1. The largest absolute Gasteiger partial charge is 0.359 e. The Morgan fingerprint density at radius 1 is 1.21 bits per heavy atom. The Hall–Kier alpha value is -1.48. The lowest BCUT2D eigenvalue weighted by Crippen LogP contribution is -2.55. The van der Waals surface area contributed by atoms with Crippen LogP contribution in [0.4, 0.5) is 0 Å². The number of aliphatic imine (C=N–C) groups is 1. The topological polar surface area (TPSA) is 68.1 Å². The number of thioether (sulfide) groups is 1. The van der Waals surface area contributed by atoms with E-state index in [1.54, 1.807) is 0 Å². The maximum absolute atomic E-state index is 9.45. The first-order valence-corrected chi connectivity index (χ1v) is 12.1. The van der Waals surface area contributed by atoms with Gasteiger partial charge in [-0.1, -0.05) is 11.8 Å². The summed E-state index contributed by atoms with van der Waals surface area (Å²) in [5, 5.41) is 10.5. The normalized spacial score (nSPS) is 35.3. The molecule has 0 atom stereocenters.